The van der Waals surface area contributed by atoms with Crippen LogP contribution in [0.15, 0.2) is 33.5 Å². The van der Waals surface area contributed by atoms with Crippen LogP contribution in [-0.4, -0.2) is 36.1 Å². The lowest BCUT2D eigenvalue weighted by Crippen LogP contribution is -2.23. The summed E-state index contributed by atoms with van der Waals surface area (Å²) in [5.74, 6) is 0. The summed E-state index contributed by atoms with van der Waals surface area (Å²) in [7, 11) is -8.49. The summed E-state index contributed by atoms with van der Waals surface area (Å²) in [6.07, 6.45) is 1.56. The third-order valence-corrected chi connectivity index (χ3v) is 10.6. The van der Waals surface area contributed by atoms with Crippen molar-refractivity contribution >= 4 is 25.6 Å². The van der Waals surface area contributed by atoms with Gasteiger partial charge in [0.05, 0.1) is 22.9 Å². The fourth-order valence-electron chi connectivity index (χ4n) is 1.84. The molecule has 9 heteroatoms. The Kier molecular flexibility index (Phi) is 6.95. The molecule has 0 spiro atoms. The van der Waals surface area contributed by atoms with Crippen LogP contribution in [-0.2, 0) is 23.3 Å². The second kappa shape index (κ2) is 7.83. The van der Waals surface area contributed by atoms with Gasteiger partial charge in [-0.2, -0.15) is 0 Å². The molecule has 0 aromatic carbocycles. The molecule has 0 amide bonds. The Labute approximate surface area is 134 Å². The van der Waals surface area contributed by atoms with E-state index in [2.05, 4.69) is 9.01 Å². The van der Waals surface area contributed by atoms with Crippen LogP contribution in [0.25, 0.3) is 0 Å². The first-order chi connectivity index (χ1) is 10.1. The Hall–Kier alpha value is -0.533. The molecule has 1 aromatic rings. The molecule has 0 saturated heterocycles. The van der Waals surface area contributed by atoms with Gasteiger partial charge in [-0.15, -0.1) is 0 Å². The average molecular weight is 364 g/mol. The van der Waals surface area contributed by atoms with E-state index in [0.717, 1.165) is 0 Å². The van der Waals surface area contributed by atoms with Crippen LogP contribution in [0.4, 0.5) is 0 Å². The molecule has 1 atom stereocenters. The molecule has 0 N–H and O–H groups in total. The third-order valence-electron chi connectivity index (χ3n) is 2.37. The zero-order valence-electron chi connectivity index (χ0n) is 13.8. The maximum atomic E-state index is 13.4. The maximum absolute atomic E-state index is 13.4. The molecule has 22 heavy (non-hydrogen) atoms. The van der Waals surface area contributed by atoms with Crippen molar-refractivity contribution in [1.29, 1.82) is 0 Å². The van der Waals surface area contributed by atoms with Crippen LogP contribution >= 0.6 is 7.60 Å². The lowest BCUT2D eigenvalue weighted by Gasteiger charge is -2.21. The van der Waals surface area contributed by atoms with Crippen molar-refractivity contribution in [2.45, 2.75) is 38.5 Å². The topological polar surface area (TPSA) is 77.9 Å². The molecule has 0 aliphatic rings. The maximum Gasteiger partial charge on any atom is 0.344 e. The molecule has 6 nitrogen and oxygen atoms in total. The number of rotatable bonds is 8. The number of aromatic nitrogens is 1. The van der Waals surface area contributed by atoms with Crippen molar-refractivity contribution in [3.63, 3.8) is 0 Å². The highest BCUT2D eigenvalue weighted by Gasteiger charge is 2.33. The molecule has 1 rings (SSSR count). The minimum absolute atomic E-state index is 0.224. The van der Waals surface area contributed by atoms with Gasteiger partial charge < -0.3 is 9.05 Å². The number of nitrogens with zero attached hydrogens (tertiary/aromatic N) is 2. The third kappa shape index (κ3) is 5.93. The molecular formula is C13H25N2O4PSSi. The largest absolute Gasteiger partial charge is 0.344 e. The van der Waals surface area contributed by atoms with E-state index in [1.165, 1.54) is 0 Å². The SMILES string of the molecule is CCOP(=O)(CS(=O)(=N[Si](C)(C)C)c1ccccn1)OCC. The van der Waals surface area contributed by atoms with E-state index in [9.17, 15) is 8.77 Å². The van der Waals surface area contributed by atoms with Crippen molar-refractivity contribution in [1.82, 2.24) is 4.98 Å². The van der Waals surface area contributed by atoms with Gasteiger partial charge in [0.15, 0.2) is 8.24 Å². The average Bonchev–Trinajstić information content (AvgIpc) is 2.37. The lowest BCUT2D eigenvalue weighted by molar-refractivity contribution is 0.224. The van der Waals surface area contributed by atoms with Crippen LogP contribution in [0, 0.1) is 0 Å². The highest BCUT2D eigenvalue weighted by atomic mass is 32.2. The number of pyridine rings is 1. The summed E-state index contributed by atoms with van der Waals surface area (Å²) in [6, 6.07) is 5.13. The van der Waals surface area contributed by atoms with Crippen LogP contribution in [0.3, 0.4) is 0 Å². The fourth-order valence-corrected chi connectivity index (χ4v) is 10.7. The van der Waals surface area contributed by atoms with Crippen LogP contribution < -0.4 is 0 Å². The van der Waals surface area contributed by atoms with E-state index in [1.807, 2.05) is 19.6 Å². The minimum Gasteiger partial charge on any atom is -0.308 e. The highest BCUT2D eigenvalue weighted by Crippen LogP contribution is 2.50. The molecule has 1 unspecified atom stereocenters. The summed E-state index contributed by atoms with van der Waals surface area (Å²) in [4.78, 5) is 4.16. The first kappa shape index (κ1) is 19.5. The van der Waals surface area contributed by atoms with E-state index in [4.69, 9.17) is 9.05 Å². The van der Waals surface area contributed by atoms with Crippen molar-refractivity contribution in [3.8, 4) is 0 Å². The molecule has 0 saturated carbocycles. The Bertz CT molecular complexity index is 629. The normalized spacial score (nSPS) is 15.3. The van der Waals surface area contributed by atoms with Crippen LogP contribution in [0.1, 0.15) is 13.8 Å². The fraction of sp³-hybridized carbons (Fsp3) is 0.615. The zero-order chi connectivity index (χ0) is 16.9. The van der Waals surface area contributed by atoms with Gasteiger partial charge in [0.1, 0.15) is 10.5 Å². The van der Waals surface area contributed by atoms with Crippen LogP contribution in [0.2, 0.25) is 19.6 Å². The van der Waals surface area contributed by atoms with E-state index in [1.54, 1.807) is 38.2 Å². The van der Waals surface area contributed by atoms with E-state index < -0.39 is 25.6 Å². The summed E-state index contributed by atoms with van der Waals surface area (Å²) in [5, 5.41) is 0.331. The first-order valence-electron chi connectivity index (χ1n) is 7.19. The zero-order valence-corrected chi connectivity index (χ0v) is 16.5. The second-order valence-corrected chi connectivity index (χ2v) is 15.2. The monoisotopic (exact) mass is 364 g/mol. The van der Waals surface area contributed by atoms with E-state index >= 15 is 0 Å². The predicted octanol–water partition coefficient (Wildman–Crippen LogP) is 3.97. The molecule has 0 bridgehead atoms. The molecule has 0 aliphatic heterocycles. The van der Waals surface area contributed by atoms with Crippen molar-refractivity contribution < 1.29 is 17.8 Å². The van der Waals surface area contributed by atoms with Gasteiger partial charge in [0, 0.05) is 6.20 Å². The van der Waals surface area contributed by atoms with Gasteiger partial charge in [-0.1, -0.05) is 6.07 Å². The Morgan fingerprint density at radius 1 is 1.23 bits per heavy atom. The smallest absolute Gasteiger partial charge is 0.308 e. The minimum atomic E-state index is -3.48. The summed E-state index contributed by atoms with van der Waals surface area (Å²) in [6.45, 7) is 9.82. The molecular weight excluding hydrogens is 339 g/mol. The highest BCUT2D eigenvalue weighted by molar-refractivity contribution is 8.00. The number of hydrogen-bond acceptors (Lipinski definition) is 6. The van der Waals surface area contributed by atoms with Crippen molar-refractivity contribution in [2.24, 2.45) is 4.03 Å². The Balaban J connectivity index is 3.38. The first-order valence-corrected chi connectivity index (χ1v) is 14.1. The summed E-state index contributed by atoms with van der Waals surface area (Å²) < 4.78 is 41.3. The lowest BCUT2D eigenvalue weighted by atomic mass is 10.5. The quantitative estimate of drug-likeness (QED) is 0.515. The second-order valence-electron chi connectivity index (χ2n) is 5.65. The Morgan fingerprint density at radius 2 is 1.82 bits per heavy atom. The molecule has 1 heterocycles. The molecule has 1 aromatic heterocycles. The van der Waals surface area contributed by atoms with Gasteiger partial charge in [0.25, 0.3) is 0 Å². The summed E-state index contributed by atoms with van der Waals surface area (Å²) in [5.41, 5.74) is -0.261. The van der Waals surface area contributed by atoms with Crippen molar-refractivity contribution in [3.05, 3.63) is 24.4 Å². The van der Waals surface area contributed by atoms with Gasteiger partial charge >= 0.3 is 7.60 Å². The standard InChI is InChI=1S/C13H25N2O4PSSi/c1-6-18-20(16,19-7-2)12-21(17,15-22(3,4)5)13-10-8-9-11-14-13/h8-11H,6-7,12H2,1-5H3. The molecule has 0 aliphatic carbocycles. The van der Waals surface area contributed by atoms with Gasteiger partial charge in [0.2, 0.25) is 0 Å². The van der Waals surface area contributed by atoms with E-state index in [0.29, 0.717) is 5.03 Å². The predicted molar refractivity (Wildman–Crippen MR) is 92.1 cm³/mol. The molecule has 0 radical (unpaired) electrons. The molecule has 0 fully saturated rings. The molecule has 126 valence electrons. The Morgan fingerprint density at radius 3 is 2.23 bits per heavy atom. The number of hydrogen-bond donors (Lipinski definition) is 0. The van der Waals surface area contributed by atoms with Crippen LogP contribution in [0.5, 0.6) is 0 Å². The van der Waals surface area contributed by atoms with Crippen molar-refractivity contribution in [2.75, 3.05) is 18.7 Å². The van der Waals surface area contributed by atoms with Gasteiger partial charge in [-0.25, -0.2) is 9.19 Å². The summed E-state index contributed by atoms with van der Waals surface area (Å²) >= 11 is 0. The van der Waals surface area contributed by atoms with E-state index in [-0.39, 0.29) is 18.7 Å². The van der Waals surface area contributed by atoms with Gasteiger partial charge in [-0.05, 0) is 45.6 Å². The van der Waals surface area contributed by atoms with Gasteiger partial charge in [-0.3, -0.25) is 8.59 Å².